The van der Waals surface area contributed by atoms with Crippen molar-refractivity contribution in [1.82, 2.24) is 19.4 Å². The highest BCUT2D eigenvalue weighted by Crippen LogP contribution is 2.30. The number of amides is 2. The molecule has 9 nitrogen and oxygen atoms in total. The second kappa shape index (κ2) is 8.47. The number of ether oxygens (including phenoxy) is 1. The van der Waals surface area contributed by atoms with Gasteiger partial charge in [0, 0.05) is 31.1 Å². The zero-order valence-electron chi connectivity index (χ0n) is 19.0. The normalized spacial score (nSPS) is 19.8. The lowest BCUT2D eigenvalue weighted by molar-refractivity contribution is -0.148. The highest BCUT2D eigenvalue weighted by Gasteiger charge is 2.29. The first-order valence-electron chi connectivity index (χ1n) is 11.0. The standard InChI is InChI=1S/C22H30N4O5S/c1-13-15(11-24-8-7-23-17(27)19(24)29)32-20-16(13)18(28)26(12-22(2,3)4)21(30)25(20)10-14-6-5-9-31-14/h14H,5-12H2,1-4H3,(H,23,27). The number of rotatable bonds is 5. The van der Waals surface area contributed by atoms with Crippen molar-refractivity contribution in [2.75, 3.05) is 19.7 Å². The maximum absolute atomic E-state index is 13.4. The first-order chi connectivity index (χ1) is 15.1. The van der Waals surface area contributed by atoms with E-state index in [0.29, 0.717) is 43.0 Å². The Morgan fingerprint density at radius 2 is 1.91 bits per heavy atom. The number of piperazine rings is 1. The van der Waals surface area contributed by atoms with Crippen LogP contribution in [-0.2, 0) is 34.0 Å². The molecule has 0 spiro atoms. The summed E-state index contributed by atoms with van der Waals surface area (Å²) in [6.45, 7) is 10.3. The molecular formula is C22H30N4O5S. The van der Waals surface area contributed by atoms with E-state index in [9.17, 15) is 19.2 Å². The minimum absolute atomic E-state index is 0.0605. The van der Waals surface area contributed by atoms with Crippen molar-refractivity contribution < 1.29 is 14.3 Å². The van der Waals surface area contributed by atoms with Crippen LogP contribution in [0.3, 0.4) is 0 Å². The van der Waals surface area contributed by atoms with Crippen LogP contribution in [0.25, 0.3) is 10.2 Å². The molecule has 0 saturated carbocycles. The minimum Gasteiger partial charge on any atom is -0.376 e. The largest absolute Gasteiger partial charge is 0.376 e. The highest BCUT2D eigenvalue weighted by atomic mass is 32.1. The van der Waals surface area contributed by atoms with Crippen molar-refractivity contribution >= 4 is 33.4 Å². The van der Waals surface area contributed by atoms with Crippen molar-refractivity contribution in [2.24, 2.45) is 5.41 Å². The van der Waals surface area contributed by atoms with Gasteiger partial charge in [-0.15, -0.1) is 11.3 Å². The molecule has 0 aliphatic carbocycles. The Kier molecular flexibility index (Phi) is 6.02. The molecule has 2 aliphatic heterocycles. The van der Waals surface area contributed by atoms with Crippen molar-refractivity contribution in [1.29, 1.82) is 0 Å². The lowest BCUT2D eigenvalue weighted by atomic mass is 9.97. The van der Waals surface area contributed by atoms with Gasteiger partial charge in [0.1, 0.15) is 4.83 Å². The zero-order chi connectivity index (χ0) is 23.2. The van der Waals surface area contributed by atoms with Crippen molar-refractivity contribution in [2.45, 2.75) is 66.3 Å². The molecule has 174 valence electrons. The third-order valence-electron chi connectivity index (χ3n) is 5.92. The summed E-state index contributed by atoms with van der Waals surface area (Å²) in [5.74, 6) is -1.19. The summed E-state index contributed by atoms with van der Waals surface area (Å²) in [7, 11) is 0. The summed E-state index contributed by atoms with van der Waals surface area (Å²) >= 11 is 1.35. The summed E-state index contributed by atoms with van der Waals surface area (Å²) in [5.41, 5.74) is -0.114. The summed E-state index contributed by atoms with van der Waals surface area (Å²) in [6, 6.07) is 0. The van der Waals surface area contributed by atoms with Crippen LogP contribution < -0.4 is 16.6 Å². The van der Waals surface area contributed by atoms with E-state index < -0.39 is 11.8 Å². The van der Waals surface area contributed by atoms with Gasteiger partial charge in [0.2, 0.25) is 0 Å². The van der Waals surface area contributed by atoms with Crippen molar-refractivity contribution in [3.05, 3.63) is 31.3 Å². The van der Waals surface area contributed by atoms with Gasteiger partial charge in [0.05, 0.1) is 24.6 Å². The Balaban J connectivity index is 1.84. The van der Waals surface area contributed by atoms with Gasteiger partial charge in [0.25, 0.3) is 5.56 Å². The van der Waals surface area contributed by atoms with Crippen LogP contribution in [0, 0.1) is 12.3 Å². The molecule has 32 heavy (non-hydrogen) atoms. The summed E-state index contributed by atoms with van der Waals surface area (Å²) in [4.78, 5) is 53.8. The Morgan fingerprint density at radius 1 is 1.16 bits per heavy atom. The molecule has 2 amide bonds. The molecule has 2 aliphatic rings. The van der Waals surface area contributed by atoms with Crippen LogP contribution in [-0.4, -0.2) is 51.6 Å². The van der Waals surface area contributed by atoms with Crippen LogP contribution in [0.2, 0.25) is 0 Å². The van der Waals surface area contributed by atoms with E-state index in [-0.39, 0.29) is 29.3 Å². The number of hydrogen-bond donors (Lipinski definition) is 1. The lowest BCUT2D eigenvalue weighted by Crippen LogP contribution is -2.51. The molecule has 1 N–H and O–H groups in total. The molecule has 4 heterocycles. The van der Waals surface area contributed by atoms with E-state index in [0.717, 1.165) is 23.3 Å². The molecule has 10 heteroatoms. The summed E-state index contributed by atoms with van der Waals surface area (Å²) in [5, 5.41) is 3.06. The number of nitrogens with zero attached hydrogens (tertiary/aromatic N) is 3. The third kappa shape index (κ3) is 4.25. The topological polar surface area (TPSA) is 103 Å². The van der Waals surface area contributed by atoms with Gasteiger partial charge in [0.15, 0.2) is 0 Å². The van der Waals surface area contributed by atoms with Gasteiger partial charge >= 0.3 is 17.5 Å². The number of fused-ring (bicyclic) bond motifs is 1. The molecule has 4 rings (SSSR count). The third-order valence-corrected chi connectivity index (χ3v) is 7.22. The molecule has 1 unspecified atom stereocenters. The van der Waals surface area contributed by atoms with Gasteiger partial charge in [-0.25, -0.2) is 4.79 Å². The van der Waals surface area contributed by atoms with Gasteiger partial charge in [-0.3, -0.25) is 23.5 Å². The zero-order valence-corrected chi connectivity index (χ0v) is 19.8. The second-order valence-corrected chi connectivity index (χ2v) is 10.9. The number of nitrogens with one attached hydrogen (secondary N) is 1. The van der Waals surface area contributed by atoms with E-state index in [1.165, 1.54) is 20.8 Å². The molecular weight excluding hydrogens is 432 g/mol. The van der Waals surface area contributed by atoms with Gasteiger partial charge in [-0.1, -0.05) is 20.8 Å². The van der Waals surface area contributed by atoms with Crippen molar-refractivity contribution in [3.63, 3.8) is 0 Å². The SMILES string of the molecule is Cc1c(CN2CCNC(=O)C2=O)sc2c1c(=O)n(CC(C)(C)C)c(=O)n2CC1CCCO1. The van der Waals surface area contributed by atoms with E-state index in [1.807, 2.05) is 27.7 Å². The fourth-order valence-corrected chi connectivity index (χ4v) is 5.62. The monoisotopic (exact) mass is 462 g/mol. The summed E-state index contributed by atoms with van der Waals surface area (Å²) in [6.07, 6.45) is 1.77. The Bertz CT molecular complexity index is 1180. The van der Waals surface area contributed by atoms with Crippen LogP contribution in [0.4, 0.5) is 0 Å². The fraction of sp³-hybridized carbons (Fsp3) is 0.636. The molecule has 2 fully saturated rings. The molecule has 1 atom stereocenters. The number of carbonyl (C=O) groups is 2. The first-order valence-corrected chi connectivity index (χ1v) is 11.8. The smallest absolute Gasteiger partial charge is 0.332 e. The Morgan fingerprint density at radius 3 is 2.56 bits per heavy atom. The van der Waals surface area contributed by atoms with E-state index in [1.54, 1.807) is 4.57 Å². The molecule has 0 radical (unpaired) electrons. The maximum Gasteiger partial charge on any atom is 0.332 e. The quantitative estimate of drug-likeness (QED) is 0.673. The highest BCUT2D eigenvalue weighted by molar-refractivity contribution is 7.18. The predicted octanol–water partition coefficient (Wildman–Crippen LogP) is 1.22. The molecule has 0 aromatic carbocycles. The number of hydrogen-bond acceptors (Lipinski definition) is 6. The molecule has 2 aromatic rings. The summed E-state index contributed by atoms with van der Waals surface area (Å²) < 4.78 is 8.78. The van der Waals surface area contributed by atoms with Crippen molar-refractivity contribution in [3.8, 4) is 0 Å². The maximum atomic E-state index is 13.4. The van der Waals surface area contributed by atoms with E-state index >= 15 is 0 Å². The number of aryl methyl sites for hydroxylation is 1. The minimum atomic E-state index is -0.613. The number of aromatic nitrogens is 2. The van der Waals surface area contributed by atoms with Crippen LogP contribution in [0.1, 0.15) is 44.1 Å². The molecule has 2 saturated heterocycles. The first kappa shape index (κ1) is 22.7. The van der Waals surface area contributed by atoms with Crippen LogP contribution >= 0.6 is 11.3 Å². The predicted molar refractivity (Wildman–Crippen MR) is 122 cm³/mol. The van der Waals surface area contributed by atoms with Gasteiger partial charge in [-0.2, -0.15) is 0 Å². The van der Waals surface area contributed by atoms with E-state index in [4.69, 9.17) is 4.74 Å². The number of carbonyl (C=O) groups excluding carboxylic acids is 2. The Labute approximate surface area is 190 Å². The molecule has 2 aromatic heterocycles. The van der Waals surface area contributed by atoms with Gasteiger partial charge in [-0.05, 0) is 30.7 Å². The second-order valence-electron chi connectivity index (χ2n) is 9.79. The number of thiophene rings is 1. The van der Waals surface area contributed by atoms with E-state index in [2.05, 4.69) is 5.32 Å². The lowest BCUT2D eigenvalue weighted by Gasteiger charge is -2.26. The fourth-order valence-electron chi connectivity index (χ4n) is 4.31. The van der Waals surface area contributed by atoms with Crippen LogP contribution in [0.5, 0.6) is 0 Å². The molecule has 0 bridgehead atoms. The Hall–Kier alpha value is -2.46. The average molecular weight is 463 g/mol. The van der Waals surface area contributed by atoms with Crippen LogP contribution in [0.15, 0.2) is 9.59 Å². The van der Waals surface area contributed by atoms with Gasteiger partial charge < -0.3 is 15.0 Å². The average Bonchev–Trinajstić information content (AvgIpc) is 3.33.